The number of nitrogens with one attached hydrogen (secondary N) is 3. The zero-order chi connectivity index (χ0) is 65.2. The predicted molar refractivity (Wildman–Crippen MR) is 303 cm³/mol. The fourth-order valence-corrected chi connectivity index (χ4v) is 12.6. The van der Waals surface area contributed by atoms with Crippen molar-refractivity contribution in [3.8, 4) is 5.75 Å². The average molecular weight is 1360 g/mol. The Morgan fingerprint density at radius 1 is 0.780 bits per heavy atom. The highest BCUT2D eigenvalue weighted by molar-refractivity contribution is 8.44. The molecule has 4 aromatic heterocycles. The van der Waals surface area contributed by atoms with E-state index in [0.29, 0.717) is 0 Å². The number of aliphatic carboxylic acids is 1. The summed E-state index contributed by atoms with van der Waals surface area (Å²) in [6.07, 6.45) is -20.5. The number of thiol groups is 2. The molecular weight excluding hydrogens is 1300 g/mol. The number of carboxylic acids is 1. The fourth-order valence-electron chi connectivity index (χ4n) is 9.62. The number of halogens is 2. The minimum absolute atomic E-state index is 0.00952. The number of ether oxygens (including phenoxy) is 6. The summed E-state index contributed by atoms with van der Waals surface area (Å²) in [4.78, 5) is 113. The highest BCUT2D eigenvalue weighted by Gasteiger charge is 2.55. The van der Waals surface area contributed by atoms with Gasteiger partial charge in [0.15, 0.2) is 59.3 Å². The molecule has 0 radical (unpaired) electrons. The predicted octanol–water partition coefficient (Wildman–Crippen LogP) is 0.460. The van der Waals surface area contributed by atoms with E-state index in [4.69, 9.17) is 52.2 Å². The molecule has 37 nitrogen and oxygen atoms in total. The molecule has 9 N–H and O–H groups in total. The molecule has 5 aliphatic rings. The van der Waals surface area contributed by atoms with Crippen molar-refractivity contribution >= 4 is 120 Å². The van der Waals surface area contributed by atoms with Gasteiger partial charge in [0.05, 0.1) is 38.1 Å². The largest absolute Gasteiger partial charge is 0.479 e. The lowest BCUT2D eigenvalue weighted by Gasteiger charge is -2.38. The third-order valence-electron chi connectivity index (χ3n) is 14.2. The first-order chi connectivity index (χ1) is 43.3. The van der Waals surface area contributed by atoms with Gasteiger partial charge in [-0.25, -0.2) is 62.2 Å². The van der Waals surface area contributed by atoms with Crippen LogP contribution in [0, 0.1) is 0 Å². The number of rotatable bonds is 18. The quantitative estimate of drug-likeness (QED) is 0.0324. The third kappa shape index (κ3) is 15.0. The van der Waals surface area contributed by atoms with Crippen molar-refractivity contribution < 1.29 is 118 Å². The number of carboxylic acid groups (broad SMARTS) is 1. The molecule has 0 saturated carbocycles. The van der Waals surface area contributed by atoms with Gasteiger partial charge in [-0.15, -0.1) is 0 Å². The summed E-state index contributed by atoms with van der Waals surface area (Å²) < 4.78 is 118. The summed E-state index contributed by atoms with van der Waals surface area (Å²) in [5, 5.41) is 48.0. The number of fused-ring (bicyclic) bond motifs is 4. The molecule has 5 aromatic rings. The van der Waals surface area contributed by atoms with Crippen molar-refractivity contribution in [2.24, 2.45) is 0 Å². The van der Waals surface area contributed by atoms with Gasteiger partial charge in [0.2, 0.25) is 18.1 Å². The van der Waals surface area contributed by atoms with Crippen LogP contribution in [0.4, 0.5) is 35.7 Å². The van der Waals surface area contributed by atoms with Crippen LogP contribution in [-0.4, -0.2) is 225 Å². The van der Waals surface area contributed by atoms with Gasteiger partial charge in [0.25, 0.3) is 11.8 Å². The molecule has 9 heterocycles. The maximum absolute atomic E-state index is 16.7. The van der Waals surface area contributed by atoms with E-state index in [-0.39, 0.29) is 83.4 Å². The smallest absolute Gasteiger partial charge is 0.412 e. The second kappa shape index (κ2) is 27.7. The summed E-state index contributed by atoms with van der Waals surface area (Å²) >= 11 is 8.06. The first-order valence-corrected chi connectivity index (χ1v) is 32.3. The van der Waals surface area contributed by atoms with Crippen molar-refractivity contribution in [2.45, 2.75) is 99.4 Å². The van der Waals surface area contributed by atoms with Crippen LogP contribution in [0.5, 0.6) is 5.75 Å². The molecule has 91 heavy (non-hydrogen) atoms. The van der Waals surface area contributed by atoms with Crippen LogP contribution < -0.4 is 26.4 Å². The molecule has 1 unspecified atom stereocenters. The summed E-state index contributed by atoms with van der Waals surface area (Å²) in [5.74, 6) is -4.71. The number of carbonyl (C=O) groups excluding carboxylic acids is 6. The van der Waals surface area contributed by atoms with Gasteiger partial charge in [-0.1, -0.05) is 30.6 Å². The fraction of sp³-hybridized carbons (Fsp3) is 0.479. The zero-order valence-electron chi connectivity index (χ0n) is 46.7. The summed E-state index contributed by atoms with van der Waals surface area (Å²) in [5.41, 5.74) is 5.86. The van der Waals surface area contributed by atoms with Crippen LogP contribution in [0.15, 0.2) is 55.7 Å². The van der Waals surface area contributed by atoms with Crippen LogP contribution in [0.25, 0.3) is 22.3 Å². The van der Waals surface area contributed by atoms with Crippen molar-refractivity contribution in [1.29, 1.82) is 0 Å². The number of amides is 6. The first-order valence-electron chi connectivity index (χ1n) is 26.9. The third-order valence-corrected chi connectivity index (χ3v) is 17.4. The van der Waals surface area contributed by atoms with Crippen LogP contribution >= 0.6 is 38.1 Å². The normalized spacial score (nSPS) is 30.0. The Balaban J connectivity index is 0.725. The van der Waals surface area contributed by atoms with Crippen molar-refractivity contribution in [3.63, 3.8) is 0 Å². The van der Waals surface area contributed by atoms with Crippen LogP contribution in [0.3, 0.4) is 0 Å². The molecule has 0 bridgehead atoms. The summed E-state index contributed by atoms with van der Waals surface area (Å²) in [6.45, 7) is -12.4. The van der Waals surface area contributed by atoms with Gasteiger partial charge in [0.1, 0.15) is 79.9 Å². The van der Waals surface area contributed by atoms with Crippen LogP contribution in [0.1, 0.15) is 30.9 Å². The standard InChI is InChI=1S/C48H54F2N14O23P2S2/c1-61(48(75)79-13-20-2-3-22(84-46-35(71)33(69)34(70)38(85-46)45(72)73)21(12-20)59-26(66)6-8-52-25(65)7-9-62-27(67)4-5-28(62)68)10-11-78-47(74)60-40-32-42(56-17-54-40)64(19-58-32)44-30(50)37-24(83-44)15-81-88(76,90)86-36-23(14-80-89(77,91)87-37)82-43(29(36)49)63-18-57-31-39(51)53-16-55-41(31)63/h2-5,12,16-19,23-24,29-30,33-38,43-44,46,69-71H,6-11,13-15H2,1H3,(H,52,65)(H,59,66)(H,72,73)(H,76,90)(H,77,91)(H2,51,53,55)(H,54,56,60,74)/t23?,24-,29-,30-,33+,34+,35-,36-,37-,38+,43-,44-,46-,88-,89-/m1/s1. The lowest BCUT2D eigenvalue weighted by atomic mass is 9.99. The number of imide groups is 1. The van der Waals surface area contributed by atoms with Gasteiger partial charge in [-0.3, -0.25) is 56.6 Å². The molecule has 4 saturated heterocycles. The SMILES string of the molecule is CN(CCOC(=O)Nc1ncnc2c1ncn2[C@@H]1O[C@@H]2CO[P@@](=O)(S)O[C@@H]3C(CO[P@@](=O)(S)O[C@H]2[C@H]1F)O[C@@H](n1cnc2c(N)ncnc21)[C@@H]3F)C(=O)OCc1ccc(O[C@@H]2O[C@H](C(=O)O)[C@@H](O)[C@H](O)[C@H]2O)c(NC(=O)CCNC(=O)CCN2C(=O)C=CC2=O)c1. The number of aliphatic hydroxyl groups excluding tert-OH is 3. The molecule has 0 aliphatic carbocycles. The van der Waals surface area contributed by atoms with Crippen molar-refractivity contribution in [1.82, 2.24) is 54.2 Å². The average Bonchev–Trinajstić information content (AvgIpc) is 1.69. The Bertz CT molecular complexity index is 3750. The second-order valence-corrected chi connectivity index (χ2v) is 26.0. The number of likely N-dealkylation sites (N-methyl/N-ethyl adjacent to an activating group) is 1. The number of carbonyl (C=O) groups is 7. The molecule has 5 aliphatic heterocycles. The Hall–Kier alpha value is -7.63. The molecule has 1 aromatic carbocycles. The maximum Gasteiger partial charge on any atom is 0.412 e. The van der Waals surface area contributed by atoms with E-state index in [1.807, 2.05) is 0 Å². The zero-order valence-corrected chi connectivity index (χ0v) is 50.3. The lowest BCUT2D eigenvalue weighted by molar-refractivity contribution is -0.271. The number of alkyl halides is 2. The number of imidazole rings is 2. The van der Waals surface area contributed by atoms with E-state index in [2.05, 4.69) is 70.4 Å². The highest BCUT2D eigenvalue weighted by Crippen LogP contribution is 2.61. The molecule has 490 valence electrons. The van der Waals surface area contributed by atoms with Gasteiger partial charge in [-0.05, 0) is 17.7 Å². The number of nitrogen functional groups attached to an aromatic ring is 1. The second-order valence-electron chi connectivity index (χ2n) is 20.3. The van der Waals surface area contributed by atoms with Crippen LogP contribution in [0.2, 0.25) is 0 Å². The van der Waals surface area contributed by atoms with E-state index >= 15 is 8.78 Å². The van der Waals surface area contributed by atoms with E-state index in [1.54, 1.807) is 0 Å². The Kier molecular flexibility index (Phi) is 20.2. The van der Waals surface area contributed by atoms with Gasteiger partial charge in [-0.2, -0.15) is 0 Å². The number of benzene rings is 1. The molecule has 6 amide bonds. The minimum atomic E-state index is -4.61. The van der Waals surface area contributed by atoms with Gasteiger partial charge < -0.3 is 70.1 Å². The molecule has 43 heteroatoms. The van der Waals surface area contributed by atoms with Crippen molar-refractivity contribution in [2.75, 3.05) is 62.9 Å². The summed E-state index contributed by atoms with van der Waals surface area (Å²) in [7, 11) is 1.30. The molecule has 4 fully saturated rings. The van der Waals surface area contributed by atoms with Crippen molar-refractivity contribution in [3.05, 3.63) is 61.2 Å². The van der Waals surface area contributed by atoms with E-state index in [0.717, 1.165) is 45.5 Å². The first kappa shape index (κ1) is 66.3. The Morgan fingerprint density at radius 2 is 1.38 bits per heavy atom. The number of hydrogen-bond acceptors (Lipinski definition) is 29. The Labute approximate surface area is 519 Å². The molecular formula is C48H54F2N14O23P2S2. The number of nitrogens with zero attached hydrogens (tertiary/aromatic N) is 10. The summed E-state index contributed by atoms with van der Waals surface area (Å²) in [6, 6.07) is 3.82. The lowest BCUT2D eigenvalue weighted by Crippen LogP contribution is -2.61. The molecule has 10 rings (SSSR count). The maximum atomic E-state index is 16.7. The van der Waals surface area contributed by atoms with E-state index in [1.165, 1.54) is 36.1 Å². The van der Waals surface area contributed by atoms with E-state index < -0.39 is 162 Å². The number of hydrogen-bond donors (Lipinski definition) is 10. The van der Waals surface area contributed by atoms with Gasteiger partial charge >= 0.3 is 31.8 Å². The highest BCUT2D eigenvalue weighted by atomic mass is 32.7. The topological polar surface area (TPSA) is 483 Å². The number of nitrogens with two attached hydrogens (primary N) is 1. The number of anilines is 3. The Morgan fingerprint density at radius 3 is 2.01 bits per heavy atom. The van der Waals surface area contributed by atoms with Crippen LogP contribution in [-0.2, 0) is 81.5 Å². The monoisotopic (exact) mass is 1360 g/mol. The number of aromatic nitrogens is 8. The minimum Gasteiger partial charge on any atom is -0.479 e. The molecule has 0 spiro atoms. The van der Waals surface area contributed by atoms with E-state index in [9.17, 15) is 63.1 Å². The molecule has 15 atom stereocenters. The number of aliphatic hydroxyl groups is 3. The van der Waals surface area contributed by atoms with Gasteiger partial charge in [0, 0.05) is 45.1 Å².